The van der Waals surface area contributed by atoms with Crippen LogP contribution in [0.15, 0.2) is 59.8 Å². The first-order chi connectivity index (χ1) is 14.5. The van der Waals surface area contributed by atoms with E-state index in [2.05, 4.69) is 10.0 Å². The second-order valence-corrected chi connectivity index (χ2v) is 9.78. The average Bonchev–Trinajstić information content (AvgIpc) is 3.17. The average molecular weight is 463 g/mol. The number of hydrogen-bond acceptors (Lipinski definition) is 5. The van der Waals surface area contributed by atoms with Gasteiger partial charge in [-0.1, -0.05) is 36.7 Å². The molecule has 0 aromatic heterocycles. The van der Waals surface area contributed by atoms with E-state index >= 15 is 0 Å². The summed E-state index contributed by atoms with van der Waals surface area (Å²) >= 11 is 5.76. The Labute approximate surface area is 186 Å². The van der Waals surface area contributed by atoms with Crippen LogP contribution in [-0.2, 0) is 21.2 Å². The maximum Gasteiger partial charge on any atom is 0.334 e. The predicted octanol–water partition coefficient (Wildman–Crippen LogP) is 3.47. The first kappa shape index (κ1) is 22.8. The van der Waals surface area contributed by atoms with Crippen LogP contribution >= 0.6 is 11.6 Å². The molecule has 2 aliphatic rings. The van der Waals surface area contributed by atoms with Gasteiger partial charge in [-0.05, 0) is 49.2 Å². The molecule has 0 bridgehead atoms. The highest BCUT2D eigenvalue weighted by Gasteiger charge is 2.68. The lowest BCUT2D eigenvalue weighted by Crippen LogP contribution is -2.53. The molecule has 2 unspecified atom stereocenters. The normalized spacial score (nSPS) is 21.0. The molecule has 0 saturated carbocycles. The summed E-state index contributed by atoms with van der Waals surface area (Å²) in [5.41, 5.74) is 2.63. The number of nitrogens with one attached hydrogen (secondary N) is 2. The number of hydrogen-bond donors (Lipinski definition) is 3. The van der Waals surface area contributed by atoms with Crippen molar-refractivity contribution in [1.82, 2.24) is 5.32 Å². The minimum atomic E-state index is -3.16. The maximum atomic E-state index is 12.2. The monoisotopic (exact) mass is 462 g/mol. The molecule has 1 aliphatic carbocycles. The van der Waals surface area contributed by atoms with E-state index < -0.39 is 27.4 Å². The lowest BCUT2D eigenvalue weighted by molar-refractivity contribution is -0.132. The standard InChI is InChI=1S/C13H10ClNO3.C9H13NO2S/c1-13-8(12(17)18)10(13)15-11(13)9(16)6-2-4-7(14)5-3-6;1-3-8-6-4-5-7-9(8)10-13(2,11)12/h2-5,11,15H,1H3,(H,17,18);4-7,10H,3H2,1-2H3. The fourth-order valence-electron chi connectivity index (χ4n) is 3.68. The molecular formula is C22H23ClN2O5S. The summed E-state index contributed by atoms with van der Waals surface area (Å²) in [6.07, 6.45) is 1.97. The molecule has 3 N–H and O–H groups in total. The summed E-state index contributed by atoms with van der Waals surface area (Å²) in [5.74, 6) is -1.06. The van der Waals surface area contributed by atoms with E-state index in [-0.39, 0.29) is 5.78 Å². The Morgan fingerprint density at radius 2 is 1.77 bits per heavy atom. The van der Waals surface area contributed by atoms with E-state index in [9.17, 15) is 18.0 Å². The van der Waals surface area contributed by atoms with Crippen LogP contribution in [0.25, 0.3) is 0 Å². The quantitative estimate of drug-likeness (QED) is 0.566. The number of para-hydroxylation sites is 1. The van der Waals surface area contributed by atoms with Crippen molar-refractivity contribution >= 4 is 39.1 Å². The molecule has 1 saturated heterocycles. The largest absolute Gasteiger partial charge is 0.478 e. The van der Waals surface area contributed by atoms with Crippen molar-refractivity contribution in [2.75, 3.05) is 11.0 Å². The molecule has 7 nitrogen and oxygen atoms in total. The van der Waals surface area contributed by atoms with E-state index in [4.69, 9.17) is 16.7 Å². The van der Waals surface area contributed by atoms with E-state index in [0.717, 1.165) is 18.2 Å². The summed E-state index contributed by atoms with van der Waals surface area (Å²) in [4.78, 5) is 23.2. The molecule has 0 radical (unpaired) electrons. The molecular weight excluding hydrogens is 440 g/mol. The fourth-order valence-corrected chi connectivity index (χ4v) is 4.40. The molecule has 4 rings (SSSR count). The summed E-state index contributed by atoms with van der Waals surface area (Å²) in [6.45, 7) is 3.77. The molecule has 1 heterocycles. The summed E-state index contributed by atoms with van der Waals surface area (Å²) in [7, 11) is -3.16. The second kappa shape index (κ2) is 8.36. The topological polar surface area (TPSA) is 113 Å². The van der Waals surface area contributed by atoms with Gasteiger partial charge in [0.2, 0.25) is 10.0 Å². The molecule has 31 heavy (non-hydrogen) atoms. The van der Waals surface area contributed by atoms with Crippen LogP contribution in [0.3, 0.4) is 0 Å². The number of aliphatic carboxylic acids is 1. The number of benzene rings is 2. The first-order valence-corrected chi connectivity index (χ1v) is 11.9. The summed E-state index contributed by atoms with van der Waals surface area (Å²) < 4.78 is 24.4. The van der Waals surface area contributed by atoms with E-state index in [0.29, 0.717) is 27.5 Å². The molecule has 2 aromatic rings. The number of Topliss-reactive ketones (excluding diaryl/α,β-unsaturated/α-hetero) is 1. The number of anilines is 1. The molecule has 1 aliphatic heterocycles. The number of rotatable bonds is 6. The van der Waals surface area contributed by atoms with Crippen LogP contribution in [0.4, 0.5) is 5.69 Å². The highest BCUT2D eigenvalue weighted by molar-refractivity contribution is 7.92. The third kappa shape index (κ3) is 4.60. The van der Waals surface area contributed by atoms with Crippen molar-refractivity contribution in [3.8, 4) is 0 Å². The number of fused-ring (bicyclic) bond motifs is 1. The number of carboxylic acids is 1. The molecule has 0 amide bonds. The zero-order valence-electron chi connectivity index (χ0n) is 17.3. The van der Waals surface area contributed by atoms with Crippen molar-refractivity contribution in [2.45, 2.75) is 26.3 Å². The maximum absolute atomic E-state index is 12.2. The van der Waals surface area contributed by atoms with Crippen LogP contribution in [0.1, 0.15) is 29.8 Å². The van der Waals surface area contributed by atoms with E-state index in [1.807, 2.05) is 25.1 Å². The van der Waals surface area contributed by atoms with Crippen LogP contribution in [-0.4, -0.2) is 37.6 Å². The van der Waals surface area contributed by atoms with Gasteiger partial charge < -0.3 is 10.4 Å². The Hall–Kier alpha value is -2.84. The minimum absolute atomic E-state index is 0.103. The predicted molar refractivity (Wildman–Crippen MR) is 120 cm³/mol. The van der Waals surface area contributed by atoms with Gasteiger partial charge in [0.1, 0.15) is 6.04 Å². The van der Waals surface area contributed by atoms with Gasteiger partial charge in [0.25, 0.3) is 0 Å². The zero-order valence-corrected chi connectivity index (χ0v) is 18.8. The molecule has 164 valence electrons. The third-order valence-electron chi connectivity index (χ3n) is 5.39. The van der Waals surface area contributed by atoms with Gasteiger partial charge >= 0.3 is 5.97 Å². The Morgan fingerprint density at radius 1 is 1.16 bits per heavy atom. The second-order valence-electron chi connectivity index (χ2n) is 7.59. The SMILES string of the molecule is CC12C(=C1C(=O)O)NC2C(=O)c1ccc(Cl)cc1.CCc1ccccc1NS(C)(=O)=O. The molecule has 0 spiro atoms. The number of aryl methyl sites for hydroxylation is 1. The van der Waals surface area contributed by atoms with Crippen molar-refractivity contribution in [2.24, 2.45) is 5.41 Å². The molecule has 9 heteroatoms. The minimum Gasteiger partial charge on any atom is -0.478 e. The van der Waals surface area contributed by atoms with Gasteiger partial charge in [0, 0.05) is 16.3 Å². The Balaban J connectivity index is 0.000000187. The highest BCUT2D eigenvalue weighted by Crippen LogP contribution is 2.61. The number of sulfonamides is 1. The van der Waals surface area contributed by atoms with Gasteiger partial charge in [-0.2, -0.15) is 0 Å². The Bertz CT molecular complexity index is 1170. The van der Waals surface area contributed by atoms with Crippen molar-refractivity contribution < 1.29 is 23.1 Å². The number of carbonyl (C=O) groups is 2. The fraction of sp³-hybridized carbons (Fsp3) is 0.273. The van der Waals surface area contributed by atoms with Crippen molar-refractivity contribution in [3.63, 3.8) is 0 Å². The van der Waals surface area contributed by atoms with Crippen LogP contribution < -0.4 is 10.0 Å². The third-order valence-corrected chi connectivity index (χ3v) is 6.23. The van der Waals surface area contributed by atoms with Gasteiger partial charge in [-0.3, -0.25) is 9.52 Å². The summed E-state index contributed by atoms with van der Waals surface area (Å²) in [5, 5.41) is 12.5. The number of carbonyl (C=O) groups excluding carboxylic acids is 1. The van der Waals surface area contributed by atoms with E-state index in [1.165, 1.54) is 0 Å². The summed E-state index contributed by atoms with van der Waals surface area (Å²) in [6, 6.07) is 13.5. The highest BCUT2D eigenvalue weighted by atomic mass is 35.5. The first-order valence-electron chi connectivity index (χ1n) is 9.59. The zero-order chi connectivity index (χ0) is 23.0. The van der Waals surface area contributed by atoms with Gasteiger partial charge in [0.15, 0.2) is 5.78 Å². The van der Waals surface area contributed by atoms with Gasteiger partial charge in [-0.25, -0.2) is 13.2 Å². The van der Waals surface area contributed by atoms with Gasteiger partial charge in [0.05, 0.1) is 22.9 Å². The van der Waals surface area contributed by atoms with Crippen LogP contribution in [0, 0.1) is 5.41 Å². The number of carboxylic acid groups (broad SMARTS) is 1. The van der Waals surface area contributed by atoms with E-state index in [1.54, 1.807) is 37.3 Å². The van der Waals surface area contributed by atoms with Gasteiger partial charge in [-0.15, -0.1) is 0 Å². The molecule has 2 atom stereocenters. The van der Waals surface area contributed by atoms with Crippen molar-refractivity contribution in [1.29, 1.82) is 0 Å². The number of ketones is 1. The Kier molecular flexibility index (Phi) is 6.16. The molecule has 2 aromatic carbocycles. The van der Waals surface area contributed by atoms with Crippen LogP contribution in [0.5, 0.6) is 0 Å². The lowest BCUT2D eigenvalue weighted by Gasteiger charge is -2.34. The molecule has 1 fully saturated rings. The van der Waals surface area contributed by atoms with Crippen LogP contribution in [0.2, 0.25) is 5.02 Å². The lowest BCUT2D eigenvalue weighted by atomic mass is 9.81. The van der Waals surface area contributed by atoms with Crippen molar-refractivity contribution in [3.05, 3.63) is 76.0 Å². The number of halogens is 1. The smallest absolute Gasteiger partial charge is 0.334 e. The Morgan fingerprint density at radius 3 is 2.29 bits per heavy atom.